The number of amides is 3. The minimum absolute atomic E-state index is 0.203. The number of hydrogen-bond donors (Lipinski definition) is 2. The maximum absolute atomic E-state index is 14.1. The Bertz CT molecular complexity index is 1020. The Balaban J connectivity index is 2.08. The first-order valence-corrected chi connectivity index (χ1v) is 14.0. The summed E-state index contributed by atoms with van der Waals surface area (Å²) in [6.07, 6.45) is 3.52. The van der Waals surface area contributed by atoms with Gasteiger partial charge in [-0.3, -0.25) is 9.69 Å². The summed E-state index contributed by atoms with van der Waals surface area (Å²) in [5, 5.41) is 1.10. The van der Waals surface area contributed by atoms with Crippen LogP contribution < -0.4 is 11.5 Å². The predicted molar refractivity (Wildman–Crippen MR) is 149 cm³/mol. The van der Waals surface area contributed by atoms with Gasteiger partial charge in [0, 0.05) is 34.9 Å². The van der Waals surface area contributed by atoms with E-state index in [0.717, 1.165) is 32.9 Å². The van der Waals surface area contributed by atoms with Gasteiger partial charge in [0.1, 0.15) is 5.54 Å². The van der Waals surface area contributed by atoms with Gasteiger partial charge in [0.25, 0.3) is 5.91 Å². The van der Waals surface area contributed by atoms with Crippen molar-refractivity contribution in [1.82, 2.24) is 9.80 Å². The summed E-state index contributed by atoms with van der Waals surface area (Å²) in [4.78, 5) is 30.9. The average molecular weight is 649 g/mol. The molecule has 2 aromatic carbocycles. The second-order valence-corrected chi connectivity index (χ2v) is 11.3. The number of carbonyl (C=O) groups is 2. The summed E-state index contributed by atoms with van der Waals surface area (Å²) in [6.45, 7) is 1.81. The van der Waals surface area contributed by atoms with Crippen LogP contribution in [0.5, 0.6) is 0 Å². The Morgan fingerprint density at radius 1 is 0.771 bits per heavy atom. The largest absolute Gasteiger partial charge is 0.330 e. The van der Waals surface area contributed by atoms with Crippen molar-refractivity contribution in [2.24, 2.45) is 11.5 Å². The fourth-order valence-electron chi connectivity index (χ4n) is 4.50. The minimum atomic E-state index is -1.11. The molecule has 3 rings (SSSR count). The van der Waals surface area contributed by atoms with Gasteiger partial charge in [-0.2, -0.15) is 0 Å². The standard InChI is InChI=1S/C25H30Br2Cl2N4O2/c26-19-7-5-17(13-21(19)28)15-25(16-18-6-8-20(27)22(29)14-18)23(34)32(11-3-1-9-30)24(35)33(25)12-4-2-10-31/h5-8,13-14H,1-4,9-12,15-16,30-31H2. The van der Waals surface area contributed by atoms with Crippen LogP contribution in [-0.4, -0.2) is 53.5 Å². The topological polar surface area (TPSA) is 92.7 Å². The molecule has 2 aromatic rings. The lowest BCUT2D eigenvalue weighted by atomic mass is 9.83. The molecule has 10 heteroatoms. The third-order valence-electron chi connectivity index (χ3n) is 6.25. The highest BCUT2D eigenvalue weighted by Crippen LogP contribution is 2.38. The number of benzene rings is 2. The third kappa shape index (κ3) is 6.59. The highest BCUT2D eigenvalue weighted by molar-refractivity contribution is 9.10. The zero-order valence-electron chi connectivity index (χ0n) is 19.4. The Morgan fingerprint density at radius 2 is 1.26 bits per heavy atom. The van der Waals surface area contributed by atoms with E-state index in [9.17, 15) is 9.59 Å². The maximum atomic E-state index is 14.1. The highest BCUT2D eigenvalue weighted by atomic mass is 79.9. The van der Waals surface area contributed by atoms with Crippen LogP contribution in [-0.2, 0) is 17.6 Å². The van der Waals surface area contributed by atoms with E-state index in [2.05, 4.69) is 31.9 Å². The van der Waals surface area contributed by atoms with Crippen molar-refractivity contribution in [2.75, 3.05) is 26.2 Å². The minimum Gasteiger partial charge on any atom is -0.330 e. The van der Waals surface area contributed by atoms with Crippen molar-refractivity contribution < 1.29 is 9.59 Å². The molecule has 0 aliphatic carbocycles. The monoisotopic (exact) mass is 646 g/mol. The molecule has 0 saturated carbocycles. The first-order valence-electron chi connectivity index (χ1n) is 11.6. The molecule has 0 aromatic heterocycles. The van der Waals surface area contributed by atoms with Gasteiger partial charge in [-0.05, 0) is 106 Å². The van der Waals surface area contributed by atoms with Crippen LogP contribution in [0, 0.1) is 0 Å². The van der Waals surface area contributed by atoms with Crippen molar-refractivity contribution >= 4 is 67.0 Å². The molecule has 1 saturated heterocycles. The molecule has 4 N–H and O–H groups in total. The van der Waals surface area contributed by atoms with E-state index in [-0.39, 0.29) is 11.9 Å². The average Bonchev–Trinajstić information content (AvgIpc) is 3.00. The summed E-state index contributed by atoms with van der Waals surface area (Å²) >= 11 is 19.6. The van der Waals surface area contributed by atoms with Crippen LogP contribution in [0.4, 0.5) is 4.79 Å². The van der Waals surface area contributed by atoms with Crippen LogP contribution >= 0.6 is 55.1 Å². The third-order valence-corrected chi connectivity index (χ3v) is 8.72. The molecule has 3 amide bonds. The Labute approximate surface area is 233 Å². The summed E-state index contributed by atoms with van der Waals surface area (Å²) < 4.78 is 1.54. The molecular formula is C25H30Br2Cl2N4O2. The first-order chi connectivity index (χ1) is 16.7. The van der Waals surface area contributed by atoms with Gasteiger partial charge in [0.15, 0.2) is 0 Å². The van der Waals surface area contributed by atoms with Crippen LogP contribution in [0.15, 0.2) is 45.3 Å². The molecule has 1 aliphatic rings. The van der Waals surface area contributed by atoms with Crippen molar-refractivity contribution in [3.8, 4) is 0 Å². The molecule has 35 heavy (non-hydrogen) atoms. The molecule has 1 fully saturated rings. The van der Waals surface area contributed by atoms with Gasteiger partial charge in [0.05, 0.1) is 10.0 Å². The lowest BCUT2D eigenvalue weighted by Gasteiger charge is -2.36. The number of hydrogen-bond acceptors (Lipinski definition) is 4. The SMILES string of the molecule is NCCCCN1C(=O)N(CCCCN)C(Cc2ccc(Br)c(Cl)c2)(Cc2ccc(Br)c(Cl)c2)C1=O. The summed E-state index contributed by atoms with van der Waals surface area (Å²) in [5.41, 5.74) is 12.0. The lowest BCUT2D eigenvalue weighted by Crippen LogP contribution is -2.53. The number of carbonyl (C=O) groups excluding carboxylic acids is 2. The smallest absolute Gasteiger partial charge is 0.327 e. The van der Waals surface area contributed by atoms with E-state index in [1.54, 1.807) is 4.90 Å². The Kier molecular flexibility index (Phi) is 10.5. The van der Waals surface area contributed by atoms with Gasteiger partial charge in [-0.1, -0.05) is 35.3 Å². The molecule has 0 bridgehead atoms. The summed E-state index contributed by atoms with van der Waals surface area (Å²) in [7, 11) is 0. The van der Waals surface area contributed by atoms with E-state index < -0.39 is 5.54 Å². The number of nitrogens with zero attached hydrogens (tertiary/aromatic N) is 2. The molecular weight excluding hydrogens is 619 g/mol. The van der Waals surface area contributed by atoms with Crippen LogP contribution in [0.25, 0.3) is 0 Å². The lowest BCUT2D eigenvalue weighted by molar-refractivity contribution is -0.133. The number of halogens is 4. The molecule has 0 radical (unpaired) electrons. The molecule has 6 nitrogen and oxygen atoms in total. The van der Waals surface area contributed by atoms with Crippen LogP contribution in [0.3, 0.4) is 0 Å². The normalized spacial score (nSPS) is 15.4. The van der Waals surface area contributed by atoms with E-state index in [1.165, 1.54) is 4.90 Å². The first kappa shape index (κ1) is 28.4. The number of imide groups is 1. The van der Waals surface area contributed by atoms with Crippen molar-refractivity contribution in [3.05, 3.63) is 66.5 Å². The van der Waals surface area contributed by atoms with E-state index in [1.807, 2.05) is 36.4 Å². The maximum Gasteiger partial charge on any atom is 0.327 e. The predicted octanol–water partition coefficient (Wildman–Crippen LogP) is 5.78. The van der Waals surface area contributed by atoms with Crippen LogP contribution in [0.1, 0.15) is 36.8 Å². The van der Waals surface area contributed by atoms with Gasteiger partial charge < -0.3 is 16.4 Å². The fraction of sp³-hybridized carbons (Fsp3) is 0.440. The van der Waals surface area contributed by atoms with Crippen molar-refractivity contribution in [1.29, 1.82) is 0 Å². The van der Waals surface area contributed by atoms with E-state index in [0.29, 0.717) is 61.9 Å². The quantitative estimate of drug-likeness (QED) is 0.225. The van der Waals surface area contributed by atoms with Gasteiger partial charge in [0.2, 0.25) is 0 Å². The van der Waals surface area contributed by atoms with Crippen LogP contribution in [0.2, 0.25) is 10.0 Å². The molecule has 190 valence electrons. The van der Waals surface area contributed by atoms with E-state index in [4.69, 9.17) is 34.7 Å². The molecule has 1 heterocycles. The Hall–Kier alpha value is -1.16. The fourth-order valence-corrected chi connectivity index (χ4v) is 5.40. The molecule has 0 unspecified atom stereocenters. The van der Waals surface area contributed by atoms with Gasteiger partial charge in [-0.25, -0.2) is 4.79 Å². The summed E-state index contributed by atoms with van der Waals surface area (Å²) in [6, 6.07) is 11.0. The summed E-state index contributed by atoms with van der Waals surface area (Å²) in [5.74, 6) is -0.203. The van der Waals surface area contributed by atoms with Crippen molar-refractivity contribution in [2.45, 2.75) is 44.1 Å². The van der Waals surface area contributed by atoms with Gasteiger partial charge in [-0.15, -0.1) is 0 Å². The number of unbranched alkanes of at least 4 members (excludes halogenated alkanes) is 2. The molecule has 0 spiro atoms. The zero-order valence-corrected chi connectivity index (χ0v) is 24.1. The second kappa shape index (κ2) is 12.9. The Morgan fingerprint density at radius 3 is 1.71 bits per heavy atom. The second-order valence-electron chi connectivity index (χ2n) is 8.76. The molecule has 0 atom stereocenters. The number of urea groups is 1. The number of nitrogens with two attached hydrogens (primary N) is 2. The van der Waals surface area contributed by atoms with Gasteiger partial charge >= 0.3 is 6.03 Å². The van der Waals surface area contributed by atoms with Crippen molar-refractivity contribution in [3.63, 3.8) is 0 Å². The molecule has 1 aliphatic heterocycles. The highest BCUT2D eigenvalue weighted by Gasteiger charge is 2.56. The number of rotatable bonds is 12. The zero-order chi connectivity index (χ0) is 25.6. The van der Waals surface area contributed by atoms with E-state index >= 15 is 0 Å².